The first kappa shape index (κ1) is 12.6. The van der Waals surface area contributed by atoms with Crippen molar-refractivity contribution in [2.45, 2.75) is 13.0 Å². The Bertz CT molecular complexity index is 439. The predicted molar refractivity (Wildman–Crippen MR) is 72.5 cm³/mol. The van der Waals surface area contributed by atoms with Gasteiger partial charge in [0, 0.05) is 29.1 Å². The van der Waals surface area contributed by atoms with Crippen LogP contribution in [0.4, 0.5) is 5.69 Å². The van der Waals surface area contributed by atoms with Crippen molar-refractivity contribution < 1.29 is 9.90 Å². The number of hydrogen-bond acceptors (Lipinski definition) is 3. The van der Waals surface area contributed by atoms with E-state index in [1.54, 1.807) is 12.1 Å². The Hall–Kier alpha value is -0.870. The van der Waals surface area contributed by atoms with Crippen LogP contribution in [0, 0.1) is 0 Å². The highest BCUT2D eigenvalue weighted by atomic mass is 35.5. The summed E-state index contributed by atoms with van der Waals surface area (Å²) in [5, 5.41) is 9.68. The monoisotopic (exact) mass is 271 g/mol. The zero-order valence-corrected chi connectivity index (χ0v) is 11.1. The predicted octanol–water partition coefficient (Wildman–Crippen LogP) is 2.98. The average molecular weight is 272 g/mol. The molecule has 1 heterocycles. The Labute approximate surface area is 110 Å². The Morgan fingerprint density at radius 1 is 1.59 bits per heavy atom. The van der Waals surface area contributed by atoms with Gasteiger partial charge < -0.3 is 10.0 Å². The van der Waals surface area contributed by atoms with Crippen LogP contribution < -0.4 is 4.90 Å². The number of carboxylic acid groups (broad SMARTS) is 1. The zero-order chi connectivity index (χ0) is 12.4. The zero-order valence-electron chi connectivity index (χ0n) is 9.52. The van der Waals surface area contributed by atoms with E-state index in [-0.39, 0.29) is 5.56 Å². The van der Waals surface area contributed by atoms with E-state index in [1.165, 1.54) is 6.07 Å². The van der Waals surface area contributed by atoms with Gasteiger partial charge in [0.05, 0.1) is 11.3 Å². The molecule has 0 bridgehead atoms. The highest BCUT2D eigenvalue weighted by molar-refractivity contribution is 7.99. The number of rotatable bonds is 2. The lowest BCUT2D eigenvalue weighted by Crippen LogP contribution is -2.41. The van der Waals surface area contributed by atoms with Gasteiger partial charge in [-0.05, 0) is 25.1 Å². The molecule has 0 radical (unpaired) electrons. The van der Waals surface area contributed by atoms with Crippen LogP contribution in [0.25, 0.3) is 0 Å². The Kier molecular flexibility index (Phi) is 3.84. The quantitative estimate of drug-likeness (QED) is 0.898. The Morgan fingerprint density at radius 2 is 2.35 bits per heavy atom. The molecule has 0 aliphatic carbocycles. The molecule has 0 saturated carbocycles. The van der Waals surface area contributed by atoms with E-state index in [9.17, 15) is 9.90 Å². The van der Waals surface area contributed by atoms with Crippen molar-refractivity contribution in [3.8, 4) is 0 Å². The lowest BCUT2D eigenvalue weighted by molar-refractivity contribution is 0.0697. The van der Waals surface area contributed by atoms with E-state index in [0.29, 0.717) is 11.1 Å². The summed E-state index contributed by atoms with van der Waals surface area (Å²) in [5.41, 5.74) is 1.06. The topological polar surface area (TPSA) is 40.5 Å². The largest absolute Gasteiger partial charge is 0.478 e. The SMILES string of the molecule is CC1CSCCN1c1ccc(Cl)cc1C(=O)O. The molecule has 3 nitrogen and oxygen atoms in total. The van der Waals surface area contributed by atoms with Crippen LogP contribution in [0.3, 0.4) is 0 Å². The van der Waals surface area contributed by atoms with Crippen LogP contribution in [0.15, 0.2) is 18.2 Å². The molecule has 0 aromatic heterocycles. The number of carbonyl (C=O) groups is 1. The van der Waals surface area contributed by atoms with E-state index in [0.717, 1.165) is 23.7 Å². The lowest BCUT2D eigenvalue weighted by Gasteiger charge is -2.35. The molecule has 1 unspecified atom stereocenters. The van der Waals surface area contributed by atoms with Crippen molar-refractivity contribution in [2.24, 2.45) is 0 Å². The molecule has 0 spiro atoms. The lowest BCUT2D eigenvalue weighted by atomic mass is 10.1. The number of aromatic carboxylic acids is 1. The minimum absolute atomic E-state index is 0.288. The standard InChI is InChI=1S/C12H14ClNO2S/c1-8-7-17-5-4-14(8)11-3-2-9(13)6-10(11)12(15)16/h2-3,6,8H,4-5,7H2,1H3,(H,15,16). The smallest absolute Gasteiger partial charge is 0.337 e. The third kappa shape index (κ3) is 2.69. The fourth-order valence-corrected chi connectivity index (χ4v) is 3.20. The summed E-state index contributed by atoms with van der Waals surface area (Å²) in [7, 11) is 0. The van der Waals surface area contributed by atoms with Crippen LogP contribution in [-0.4, -0.2) is 35.2 Å². The summed E-state index contributed by atoms with van der Waals surface area (Å²) in [4.78, 5) is 13.4. The van der Waals surface area contributed by atoms with Crippen LogP contribution in [0.1, 0.15) is 17.3 Å². The number of hydrogen-bond donors (Lipinski definition) is 1. The maximum atomic E-state index is 11.2. The van der Waals surface area contributed by atoms with Gasteiger partial charge in [-0.2, -0.15) is 11.8 Å². The van der Waals surface area contributed by atoms with Gasteiger partial charge in [-0.1, -0.05) is 11.6 Å². The van der Waals surface area contributed by atoms with Crippen molar-refractivity contribution in [3.05, 3.63) is 28.8 Å². The van der Waals surface area contributed by atoms with Gasteiger partial charge in [-0.25, -0.2) is 4.79 Å². The number of nitrogens with zero attached hydrogens (tertiary/aromatic N) is 1. The van der Waals surface area contributed by atoms with E-state index >= 15 is 0 Å². The van der Waals surface area contributed by atoms with Crippen LogP contribution >= 0.6 is 23.4 Å². The summed E-state index contributed by atoms with van der Waals surface area (Å²) in [6.07, 6.45) is 0. The summed E-state index contributed by atoms with van der Waals surface area (Å²) in [5.74, 6) is 1.14. The Balaban J connectivity index is 2.39. The molecule has 1 aliphatic rings. The van der Waals surface area contributed by atoms with Gasteiger partial charge >= 0.3 is 5.97 Å². The van der Waals surface area contributed by atoms with E-state index in [1.807, 2.05) is 11.8 Å². The molecule has 1 saturated heterocycles. The van der Waals surface area contributed by atoms with Gasteiger partial charge in [0.2, 0.25) is 0 Å². The maximum absolute atomic E-state index is 11.2. The normalized spacial score (nSPS) is 20.4. The summed E-state index contributed by atoms with van der Waals surface area (Å²) < 4.78 is 0. The third-order valence-electron chi connectivity index (χ3n) is 2.87. The molecular weight excluding hydrogens is 258 g/mol. The number of anilines is 1. The van der Waals surface area contributed by atoms with Gasteiger partial charge in [0.1, 0.15) is 0 Å². The minimum Gasteiger partial charge on any atom is -0.478 e. The molecule has 2 rings (SSSR count). The molecule has 1 N–H and O–H groups in total. The van der Waals surface area contributed by atoms with Crippen molar-refractivity contribution in [1.29, 1.82) is 0 Å². The first-order valence-electron chi connectivity index (χ1n) is 5.47. The number of thioether (sulfide) groups is 1. The number of halogens is 1. The first-order valence-corrected chi connectivity index (χ1v) is 7.00. The summed E-state index contributed by atoms with van der Waals surface area (Å²) >= 11 is 7.75. The fraction of sp³-hybridized carbons (Fsp3) is 0.417. The average Bonchev–Trinajstić information content (AvgIpc) is 2.30. The second-order valence-electron chi connectivity index (χ2n) is 4.08. The minimum atomic E-state index is -0.923. The van der Waals surface area contributed by atoms with Gasteiger partial charge in [0.15, 0.2) is 0 Å². The van der Waals surface area contributed by atoms with Crippen molar-refractivity contribution in [2.75, 3.05) is 23.0 Å². The second kappa shape index (κ2) is 5.19. The third-order valence-corrected chi connectivity index (χ3v) is 4.29. The first-order chi connectivity index (χ1) is 8.09. The van der Waals surface area contributed by atoms with Crippen molar-refractivity contribution in [3.63, 3.8) is 0 Å². The number of carboxylic acids is 1. The van der Waals surface area contributed by atoms with Crippen LogP contribution in [-0.2, 0) is 0 Å². The molecular formula is C12H14ClNO2S. The number of benzene rings is 1. The molecule has 1 fully saturated rings. The molecule has 17 heavy (non-hydrogen) atoms. The molecule has 5 heteroatoms. The second-order valence-corrected chi connectivity index (χ2v) is 5.67. The van der Waals surface area contributed by atoms with Crippen LogP contribution in [0.2, 0.25) is 5.02 Å². The van der Waals surface area contributed by atoms with Crippen molar-refractivity contribution in [1.82, 2.24) is 0 Å². The van der Waals surface area contributed by atoms with Gasteiger partial charge in [0.25, 0.3) is 0 Å². The van der Waals surface area contributed by atoms with Gasteiger partial charge in [-0.3, -0.25) is 0 Å². The highest BCUT2D eigenvalue weighted by Gasteiger charge is 2.23. The molecule has 1 atom stereocenters. The van der Waals surface area contributed by atoms with Gasteiger partial charge in [-0.15, -0.1) is 0 Å². The fourth-order valence-electron chi connectivity index (χ4n) is 2.02. The molecule has 1 aromatic rings. The molecule has 0 amide bonds. The summed E-state index contributed by atoms with van der Waals surface area (Å²) in [6, 6.07) is 5.43. The van der Waals surface area contributed by atoms with Crippen LogP contribution in [0.5, 0.6) is 0 Å². The molecule has 92 valence electrons. The highest BCUT2D eigenvalue weighted by Crippen LogP contribution is 2.29. The van der Waals surface area contributed by atoms with E-state index in [2.05, 4.69) is 11.8 Å². The molecule has 1 aliphatic heterocycles. The summed E-state index contributed by atoms with van der Waals surface area (Å²) in [6.45, 7) is 3.00. The molecule has 1 aromatic carbocycles. The Morgan fingerprint density at radius 3 is 3.00 bits per heavy atom. The maximum Gasteiger partial charge on any atom is 0.337 e. The van der Waals surface area contributed by atoms with Crippen molar-refractivity contribution >= 4 is 35.0 Å². The van der Waals surface area contributed by atoms with E-state index < -0.39 is 5.97 Å². The van der Waals surface area contributed by atoms with E-state index in [4.69, 9.17) is 11.6 Å².